The molecule has 0 atom stereocenters. The Morgan fingerprint density at radius 2 is 2.42 bits per heavy atom. The molecule has 0 aromatic carbocycles. The number of hydrogen-bond acceptors (Lipinski definition) is 3. The van der Waals surface area contributed by atoms with E-state index in [2.05, 4.69) is 20.9 Å². The van der Waals surface area contributed by atoms with Gasteiger partial charge in [0.15, 0.2) is 0 Å². The third kappa shape index (κ3) is 1.79. The maximum Gasteiger partial charge on any atom is 0.290 e. The van der Waals surface area contributed by atoms with Gasteiger partial charge in [-0.3, -0.25) is 10.1 Å². The van der Waals surface area contributed by atoms with Gasteiger partial charge in [0.1, 0.15) is 10.8 Å². The highest BCUT2D eigenvalue weighted by Crippen LogP contribution is 2.20. The summed E-state index contributed by atoms with van der Waals surface area (Å²) in [6.45, 7) is 1.87. The van der Waals surface area contributed by atoms with Crippen molar-refractivity contribution in [1.82, 2.24) is 4.98 Å². The van der Waals surface area contributed by atoms with E-state index in [9.17, 15) is 10.1 Å². The summed E-state index contributed by atoms with van der Waals surface area (Å²) < 4.78 is 0.630. The van der Waals surface area contributed by atoms with Crippen molar-refractivity contribution < 1.29 is 4.92 Å². The highest BCUT2D eigenvalue weighted by molar-refractivity contribution is 9.10. The van der Waals surface area contributed by atoms with Crippen molar-refractivity contribution in [3.05, 3.63) is 32.5 Å². The number of nitro groups is 1. The van der Waals surface area contributed by atoms with Gasteiger partial charge < -0.3 is 0 Å². The SMILES string of the molecule is CCc1cc(Br)ncc1[N+](=O)[O-]. The minimum Gasteiger partial charge on any atom is -0.258 e. The van der Waals surface area contributed by atoms with E-state index in [1.807, 2.05) is 6.92 Å². The average Bonchev–Trinajstić information content (AvgIpc) is 2.03. The van der Waals surface area contributed by atoms with E-state index >= 15 is 0 Å². The van der Waals surface area contributed by atoms with Crippen LogP contribution < -0.4 is 0 Å². The second-order valence-electron chi connectivity index (χ2n) is 2.25. The smallest absolute Gasteiger partial charge is 0.258 e. The van der Waals surface area contributed by atoms with Crippen LogP contribution in [0.1, 0.15) is 12.5 Å². The molecule has 1 aromatic rings. The van der Waals surface area contributed by atoms with Gasteiger partial charge in [-0.25, -0.2) is 4.98 Å². The fourth-order valence-electron chi connectivity index (χ4n) is 0.908. The Kier molecular flexibility index (Phi) is 2.75. The number of aromatic nitrogens is 1. The Labute approximate surface area is 77.9 Å². The maximum absolute atomic E-state index is 10.4. The van der Waals surface area contributed by atoms with Crippen molar-refractivity contribution >= 4 is 21.6 Å². The molecule has 0 N–H and O–H groups in total. The van der Waals surface area contributed by atoms with Crippen molar-refractivity contribution in [2.75, 3.05) is 0 Å². The summed E-state index contributed by atoms with van der Waals surface area (Å²) in [4.78, 5) is 13.8. The summed E-state index contributed by atoms with van der Waals surface area (Å²) in [7, 11) is 0. The third-order valence-corrected chi connectivity index (χ3v) is 1.94. The zero-order valence-electron chi connectivity index (χ0n) is 6.45. The van der Waals surface area contributed by atoms with Crippen LogP contribution in [0.5, 0.6) is 0 Å². The summed E-state index contributed by atoms with van der Waals surface area (Å²) in [5.74, 6) is 0. The molecule has 5 heteroatoms. The molecule has 1 rings (SSSR count). The van der Waals surface area contributed by atoms with E-state index in [1.165, 1.54) is 6.20 Å². The summed E-state index contributed by atoms with van der Waals surface area (Å²) >= 11 is 3.15. The summed E-state index contributed by atoms with van der Waals surface area (Å²) in [5.41, 5.74) is 0.780. The molecule has 1 heterocycles. The topological polar surface area (TPSA) is 56.0 Å². The van der Waals surface area contributed by atoms with Gasteiger partial charge in [-0.15, -0.1) is 0 Å². The molecule has 0 bridgehead atoms. The quantitative estimate of drug-likeness (QED) is 0.445. The molecule has 64 valence electrons. The lowest BCUT2D eigenvalue weighted by Crippen LogP contribution is -1.95. The van der Waals surface area contributed by atoms with Crippen LogP contribution in [0.4, 0.5) is 5.69 Å². The van der Waals surface area contributed by atoms with E-state index < -0.39 is 4.92 Å². The van der Waals surface area contributed by atoms with Crippen LogP contribution in [-0.4, -0.2) is 9.91 Å². The Morgan fingerprint density at radius 1 is 1.75 bits per heavy atom. The van der Waals surface area contributed by atoms with Crippen molar-refractivity contribution in [1.29, 1.82) is 0 Å². The van der Waals surface area contributed by atoms with Crippen molar-refractivity contribution in [2.24, 2.45) is 0 Å². The lowest BCUT2D eigenvalue weighted by atomic mass is 10.2. The van der Waals surface area contributed by atoms with Crippen LogP contribution in [0, 0.1) is 10.1 Å². The normalized spacial score (nSPS) is 9.83. The van der Waals surface area contributed by atoms with Crippen LogP contribution in [0.2, 0.25) is 0 Å². The molecule has 1 aromatic heterocycles. The number of nitrogens with zero attached hydrogens (tertiary/aromatic N) is 2. The fraction of sp³-hybridized carbons (Fsp3) is 0.286. The number of aryl methyl sites for hydroxylation is 1. The molecule has 12 heavy (non-hydrogen) atoms. The first-order chi connectivity index (χ1) is 5.65. The van der Waals surface area contributed by atoms with Crippen LogP contribution in [-0.2, 0) is 6.42 Å². The highest BCUT2D eigenvalue weighted by atomic mass is 79.9. The first-order valence-electron chi connectivity index (χ1n) is 3.44. The third-order valence-electron chi connectivity index (χ3n) is 1.51. The predicted octanol–water partition coefficient (Wildman–Crippen LogP) is 2.31. The van der Waals surface area contributed by atoms with Gasteiger partial charge >= 0.3 is 0 Å². The largest absolute Gasteiger partial charge is 0.290 e. The lowest BCUT2D eigenvalue weighted by molar-refractivity contribution is -0.385. The molecule has 0 saturated heterocycles. The lowest BCUT2D eigenvalue weighted by Gasteiger charge is -1.98. The minimum absolute atomic E-state index is 0.0840. The minimum atomic E-state index is -0.418. The first-order valence-corrected chi connectivity index (χ1v) is 4.23. The summed E-state index contributed by atoms with van der Waals surface area (Å²) in [6, 6.07) is 1.66. The molecule has 0 unspecified atom stereocenters. The number of rotatable bonds is 2. The molecule has 0 amide bonds. The molecule has 0 saturated carbocycles. The van der Waals surface area contributed by atoms with E-state index in [0.717, 1.165) is 0 Å². The number of halogens is 1. The average molecular weight is 231 g/mol. The second kappa shape index (κ2) is 3.62. The van der Waals surface area contributed by atoms with E-state index in [-0.39, 0.29) is 5.69 Å². The standard InChI is InChI=1S/C7H7BrN2O2/c1-2-5-3-7(8)9-4-6(5)10(11)12/h3-4H,2H2,1H3. The maximum atomic E-state index is 10.4. The fourth-order valence-corrected chi connectivity index (χ4v) is 1.29. The molecule has 4 nitrogen and oxygen atoms in total. The Hall–Kier alpha value is -0.970. The van der Waals surface area contributed by atoms with Gasteiger partial charge in [-0.1, -0.05) is 6.92 Å². The zero-order chi connectivity index (χ0) is 9.14. The molecule has 0 aliphatic heterocycles. The van der Waals surface area contributed by atoms with Crippen molar-refractivity contribution in [2.45, 2.75) is 13.3 Å². The second-order valence-corrected chi connectivity index (χ2v) is 3.06. The number of pyridine rings is 1. The van der Waals surface area contributed by atoms with Gasteiger partial charge in [-0.2, -0.15) is 0 Å². The Balaban J connectivity index is 3.20. The van der Waals surface area contributed by atoms with Crippen LogP contribution in [0.3, 0.4) is 0 Å². The van der Waals surface area contributed by atoms with Gasteiger partial charge in [0, 0.05) is 5.56 Å². The molecule has 0 aliphatic rings. The van der Waals surface area contributed by atoms with Crippen molar-refractivity contribution in [3.63, 3.8) is 0 Å². The van der Waals surface area contributed by atoms with Crippen molar-refractivity contribution in [3.8, 4) is 0 Å². The van der Waals surface area contributed by atoms with Crippen LogP contribution in [0.15, 0.2) is 16.9 Å². The monoisotopic (exact) mass is 230 g/mol. The predicted molar refractivity (Wildman–Crippen MR) is 48.0 cm³/mol. The van der Waals surface area contributed by atoms with Gasteiger partial charge in [0.05, 0.1) is 4.92 Å². The van der Waals surface area contributed by atoms with E-state index in [1.54, 1.807) is 6.07 Å². The van der Waals surface area contributed by atoms with E-state index in [0.29, 0.717) is 16.6 Å². The molecule has 0 fully saturated rings. The number of hydrogen-bond donors (Lipinski definition) is 0. The van der Waals surface area contributed by atoms with Gasteiger partial charge in [0.25, 0.3) is 5.69 Å². The molecule has 0 aliphatic carbocycles. The summed E-state index contributed by atoms with van der Waals surface area (Å²) in [5, 5.41) is 10.4. The zero-order valence-corrected chi connectivity index (χ0v) is 8.04. The molecular weight excluding hydrogens is 224 g/mol. The Morgan fingerprint density at radius 3 is 2.92 bits per heavy atom. The molecule has 0 spiro atoms. The van der Waals surface area contributed by atoms with Crippen LogP contribution >= 0.6 is 15.9 Å². The molecular formula is C7H7BrN2O2. The van der Waals surface area contributed by atoms with Gasteiger partial charge in [-0.05, 0) is 28.4 Å². The summed E-state index contributed by atoms with van der Waals surface area (Å²) in [6.07, 6.45) is 1.90. The highest BCUT2D eigenvalue weighted by Gasteiger charge is 2.12. The molecule has 0 radical (unpaired) electrons. The first kappa shape index (κ1) is 9.12. The van der Waals surface area contributed by atoms with Gasteiger partial charge in [0.2, 0.25) is 0 Å². The Bertz CT molecular complexity index is 314. The van der Waals surface area contributed by atoms with E-state index in [4.69, 9.17) is 0 Å². The van der Waals surface area contributed by atoms with Crippen LogP contribution in [0.25, 0.3) is 0 Å².